The van der Waals surface area contributed by atoms with E-state index in [1.54, 1.807) is 77.0 Å². The van der Waals surface area contributed by atoms with Crippen LogP contribution in [-0.2, 0) is 0 Å². The van der Waals surface area contributed by atoms with Gasteiger partial charge in [-0.15, -0.1) is 27.7 Å². The fourth-order valence-electron chi connectivity index (χ4n) is 12.5. The SMILES string of the molecule is PC(C1CCCCC1)(C1CCCCC1)P(C(P)(C1CCCCC1)C1CCCCC1)C(P)(C1CCCCC1)C1CCCCC1. The molecule has 0 aromatic heterocycles. The zero-order valence-electron chi connectivity index (χ0n) is 28.4. The third kappa shape index (κ3) is 7.07. The zero-order chi connectivity index (χ0) is 29.8. The van der Waals surface area contributed by atoms with Gasteiger partial charge in [-0.3, -0.25) is 0 Å². The second-order valence-corrected chi connectivity index (χ2v) is 24.3. The molecule has 0 saturated heterocycles. The van der Waals surface area contributed by atoms with E-state index < -0.39 is 0 Å². The average Bonchev–Trinajstić information content (AvgIpc) is 3.10. The molecule has 0 bridgehead atoms. The summed E-state index contributed by atoms with van der Waals surface area (Å²) in [4.78, 5) is 1.43. The lowest BCUT2D eigenvalue weighted by Gasteiger charge is -2.69. The molecule has 6 rings (SSSR count). The molecule has 0 aliphatic heterocycles. The Morgan fingerprint density at radius 2 is 0.395 bits per heavy atom. The molecule has 6 aliphatic carbocycles. The van der Waals surface area contributed by atoms with Gasteiger partial charge in [-0.1, -0.05) is 123 Å². The van der Waals surface area contributed by atoms with Gasteiger partial charge >= 0.3 is 0 Å². The monoisotopic (exact) mass is 664 g/mol. The smallest absolute Gasteiger partial charge is 0.0122 e. The molecule has 248 valence electrons. The lowest BCUT2D eigenvalue weighted by Crippen LogP contribution is -2.57. The van der Waals surface area contributed by atoms with Crippen molar-refractivity contribution in [2.24, 2.45) is 35.5 Å². The number of hydrogen-bond acceptors (Lipinski definition) is 0. The Kier molecular flexibility index (Phi) is 12.8. The molecule has 43 heavy (non-hydrogen) atoms. The fourth-order valence-corrected chi connectivity index (χ4v) is 25.6. The van der Waals surface area contributed by atoms with Crippen LogP contribution in [0.2, 0.25) is 0 Å². The molecular formula is C39H72P4. The van der Waals surface area contributed by atoms with E-state index in [4.69, 9.17) is 0 Å². The van der Waals surface area contributed by atoms with Crippen LogP contribution in [0.15, 0.2) is 0 Å². The van der Waals surface area contributed by atoms with Crippen LogP contribution in [0.4, 0.5) is 0 Å². The van der Waals surface area contributed by atoms with Crippen LogP contribution in [0.25, 0.3) is 0 Å². The molecule has 0 aromatic carbocycles. The maximum atomic E-state index is 4.02. The number of rotatable bonds is 9. The Morgan fingerprint density at radius 3 is 0.535 bits per heavy atom. The average molecular weight is 665 g/mol. The minimum absolute atomic E-state index is 0.245. The number of hydrogen-bond donors (Lipinski definition) is 0. The summed E-state index contributed by atoms with van der Waals surface area (Å²) in [6, 6.07) is 0. The van der Waals surface area contributed by atoms with E-state index in [0.717, 1.165) is 35.5 Å². The van der Waals surface area contributed by atoms with E-state index in [1.165, 1.54) is 116 Å². The molecule has 6 saturated carbocycles. The van der Waals surface area contributed by atoms with Gasteiger partial charge in [-0.25, -0.2) is 0 Å². The topological polar surface area (TPSA) is 0 Å². The van der Waals surface area contributed by atoms with Crippen molar-refractivity contribution in [2.45, 2.75) is 207 Å². The molecule has 3 unspecified atom stereocenters. The Labute approximate surface area is 277 Å². The van der Waals surface area contributed by atoms with Gasteiger partial charge in [0.2, 0.25) is 0 Å². The molecule has 0 amide bonds. The Morgan fingerprint density at radius 1 is 0.256 bits per heavy atom. The second kappa shape index (κ2) is 16.0. The molecule has 6 fully saturated rings. The maximum absolute atomic E-state index is 4.02. The summed E-state index contributed by atoms with van der Waals surface area (Å²) in [5, 5.41) is 0. The van der Waals surface area contributed by atoms with Crippen LogP contribution in [0, 0.1) is 35.5 Å². The van der Waals surface area contributed by atoms with Crippen molar-refractivity contribution < 1.29 is 0 Å². The minimum atomic E-state index is -0.245. The van der Waals surface area contributed by atoms with Gasteiger partial charge in [-0.2, -0.15) is 0 Å². The predicted octanol–water partition coefficient (Wildman–Crippen LogP) is 13.7. The first-order valence-corrected chi connectivity index (χ1v) is 23.2. The van der Waals surface area contributed by atoms with Crippen LogP contribution >= 0.6 is 35.6 Å². The van der Waals surface area contributed by atoms with Crippen LogP contribution in [0.3, 0.4) is 0 Å². The van der Waals surface area contributed by atoms with Gasteiger partial charge in [-0.05, 0) is 113 Å². The Bertz CT molecular complexity index is 657. The van der Waals surface area contributed by atoms with Crippen LogP contribution in [0.5, 0.6) is 0 Å². The molecule has 0 spiro atoms. The lowest BCUT2D eigenvalue weighted by molar-refractivity contribution is 0.185. The van der Waals surface area contributed by atoms with E-state index in [9.17, 15) is 0 Å². The molecule has 3 atom stereocenters. The maximum Gasteiger partial charge on any atom is 0.0122 e. The molecule has 0 N–H and O–H groups in total. The van der Waals surface area contributed by atoms with Gasteiger partial charge in [0, 0.05) is 14.7 Å². The van der Waals surface area contributed by atoms with Crippen molar-refractivity contribution in [3.63, 3.8) is 0 Å². The van der Waals surface area contributed by atoms with Crippen LogP contribution in [-0.4, -0.2) is 14.7 Å². The molecular weight excluding hydrogens is 592 g/mol. The molecule has 0 nitrogen and oxygen atoms in total. The summed E-state index contributed by atoms with van der Waals surface area (Å²) >= 11 is 0. The van der Waals surface area contributed by atoms with Crippen molar-refractivity contribution in [1.82, 2.24) is 0 Å². The van der Waals surface area contributed by atoms with Crippen molar-refractivity contribution in [2.75, 3.05) is 0 Å². The summed E-state index contributed by atoms with van der Waals surface area (Å²) in [5.74, 6) is 5.75. The van der Waals surface area contributed by atoms with Gasteiger partial charge in [0.1, 0.15) is 0 Å². The van der Waals surface area contributed by atoms with E-state index in [1.807, 2.05) is 0 Å². The fraction of sp³-hybridized carbons (Fsp3) is 1.00. The van der Waals surface area contributed by atoms with Crippen molar-refractivity contribution >= 4 is 35.6 Å². The molecule has 6 aliphatic rings. The van der Waals surface area contributed by atoms with Crippen molar-refractivity contribution in [3.05, 3.63) is 0 Å². The first-order valence-electron chi connectivity index (χ1n) is 20.2. The largest absolute Gasteiger partial charge is 0.126 e. The second-order valence-electron chi connectivity index (χ2n) is 17.0. The summed E-state index contributed by atoms with van der Waals surface area (Å²) in [6.07, 6.45) is 45.8. The summed E-state index contributed by atoms with van der Waals surface area (Å²) < 4.78 is 0. The lowest BCUT2D eigenvalue weighted by atomic mass is 9.75. The minimum Gasteiger partial charge on any atom is -0.126 e. The standard InChI is InChI=1S/C39H72P4/c40-37(31-19-7-1-8-20-31,32-21-9-2-10-22-32)43(38(41,33-23-11-3-12-24-33)34-25-13-4-14-26-34)39(42,35-27-15-5-16-28-35)36-29-17-6-18-30-36/h31-36H,1-30,40-42H2. The highest BCUT2D eigenvalue weighted by molar-refractivity contribution is 7.79. The highest BCUT2D eigenvalue weighted by Gasteiger charge is 2.66. The molecule has 0 aromatic rings. The van der Waals surface area contributed by atoms with Crippen LogP contribution < -0.4 is 0 Å². The van der Waals surface area contributed by atoms with Gasteiger partial charge in [0.25, 0.3) is 0 Å². The van der Waals surface area contributed by atoms with Gasteiger partial charge < -0.3 is 0 Å². The van der Waals surface area contributed by atoms with Crippen molar-refractivity contribution in [1.29, 1.82) is 0 Å². The van der Waals surface area contributed by atoms with E-state index >= 15 is 0 Å². The summed E-state index contributed by atoms with van der Waals surface area (Å²) in [5.41, 5.74) is 0. The quantitative estimate of drug-likeness (QED) is 0.215. The van der Waals surface area contributed by atoms with Gasteiger partial charge in [0.15, 0.2) is 0 Å². The van der Waals surface area contributed by atoms with Crippen LogP contribution in [0.1, 0.15) is 193 Å². The zero-order valence-corrected chi connectivity index (χ0v) is 32.7. The normalized spacial score (nSPS) is 28.5. The summed E-state index contributed by atoms with van der Waals surface area (Å²) in [6.45, 7) is 0. The van der Waals surface area contributed by atoms with Gasteiger partial charge in [0.05, 0.1) is 0 Å². The van der Waals surface area contributed by atoms with E-state index in [2.05, 4.69) is 27.7 Å². The van der Waals surface area contributed by atoms with E-state index in [-0.39, 0.29) is 7.92 Å². The highest BCUT2D eigenvalue weighted by Crippen LogP contribution is 2.87. The third-order valence-electron chi connectivity index (χ3n) is 14.7. The molecule has 0 heterocycles. The molecule has 4 heteroatoms. The Balaban J connectivity index is 1.58. The highest BCUT2D eigenvalue weighted by atomic mass is 31.2. The van der Waals surface area contributed by atoms with E-state index in [0.29, 0.717) is 14.7 Å². The predicted molar refractivity (Wildman–Crippen MR) is 204 cm³/mol. The third-order valence-corrected chi connectivity index (χ3v) is 24.4. The Hall–Kier alpha value is 1.72. The molecule has 0 radical (unpaired) electrons. The first kappa shape index (κ1) is 34.6. The van der Waals surface area contributed by atoms with Crippen molar-refractivity contribution in [3.8, 4) is 0 Å². The first-order chi connectivity index (χ1) is 21.0. The summed E-state index contributed by atoms with van der Waals surface area (Å²) in [7, 11) is 11.8.